The van der Waals surface area contributed by atoms with Crippen molar-refractivity contribution in [3.05, 3.63) is 29.0 Å². The topological polar surface area (TPSA) is 15.3 Å². The summed E-state index contributed by atoms with van der Waals surface area (Å²) in [5, 5.41) is 4.28. The average Bonchev–Trinajstić information content (AvgIpc) is 2.51. The monoisotopic (exact) mass is 310 g/mol. The van der Waals surface area contributed by atoms with Gasteiger partial charge in [0.15, 0.2) is 0 Å². The molecule has 1 N–H and O–H groups in total. The van der Waals surface area contributed by atoms with E-state index >= 15 is 0 Å². The van der Waals surface area contributed by atoms with Crippen LogP contribution >= 0.6 is 11.6 Å². The van der Waals surface area contributed by atoms with Gasteiger partial charge in [0.2, 0.25) is 0 Å². The number of hydrogen-bond acceptors (Lipinski definition) is 2. The summed E-state index contributed by atoms with van der Waals surface area (Å²) in [6.07, 6.45) is 6.65. The maximum atomic E-state index is 14.2. The van der Waals surface area contributed by atoms with E-state index < -0.39 is 0 Å². The molecule has 0 amide bonds. The van der Waals surface area contributed by atoms with Crippen molar-refractivity contribution < 1.29 is 4.39 Å². The van der Waals surface area contributed by atoms with Crippen molar-refractivity contribution in [3.63, 3.8) is 0 Å². The lowest BCUT2D eigenvalue weighted by molar-refractivity contribution is 0.244. The van der Waals surface area contributed by atoms with Gasteiger partial charge in [-0.15, -0.1) is 0 Å². The predicted molar refractivity (Wildman–Crippen MR) is 86.6 cm³/mol. The molecular weight excluding hydrogens is 287 g/mol. The largest absolute Gasteiger partial charge is 0.364 e. The zero-order chi connectivity index (χ0) is 14.8. The molecule has 0 spiro atoms. The van der Waals surface area contributed by atoms with Crippen LogP contribution in [0.5, 0.6) is 0 Å². The second-order valence-corrected chi connectivity index (χ2v) is 6.95. The van der Waals surface area contributed by atoms with Crippen LogP contribution in [0.3, 0.4) is 0 Å². The third-order valence-electron chi connectivity index (χ3n) is 5.04. The number of hydrogen-bond donors (Lipinski definition) is 1. The van der Waals surface area contributed by atoms with Gasteiger partial charge >= 0.3 is 0 Å². The molecule has 2 unspecified atom stereocenters. The summed E-state index contributed by atoms with van der Waals surface area (Å²) in [7, 11) is 0. The fraction of sp³-hybridized carbons (Fsp3) is 0.647. The molecule has 0 aromatic heterocycles. The Hall–Kier alpha value is -0.800. The van der Waals surface area contributed by atoms with Gasteiger partial charge in [-0.1, -0.05) is 30.9 Å². The Morgan fingerprint density at radius 1 is 1.24 bits per heavy atom. The van der Waals surface area contributed by atoms with Gasteiger partial charge in [-0.25, -0.2) is 4.39 Å². The molecule has 21 heavy (non-hydrogen) atoms. The van der Waals surface area contributed by atoms with Crippen molar-refractivity contribution >= 4 is 17.3 Å². The maximum absolute atomic E-state index is 14.2. The third kappa shape index (κ3) is 3.35. The maximum Gasteiger partial charge on any atom is 0.146 e. The molecule has 2 atom stereocenters. The molecule has 2 fully saturated rings. The smallest absolute Gasteiger partial charge is 0.146 e. The van der Waals surface area contributed by atoms with Crippen molar-refractivity contribution in [1.82, 2.24) is 5.32 Å². The fourth-order valence-corrected chi connectivity index (χ4v) is 3.95. The highest BCUT2D eigenvalue weighted by molar-refractivity contribution is 6.30. The van der Waals surface area contributed by atoms with E-state index in [1.54, 1.807) is 12.1 Å². The summed E-state index contributed by atoms with van der Waals surface area (Å²) in [6, 6.07) is 5.61. The molecule has 4 heteroatoms. The molecule has 1 aromatic rings. The van der Waals surface area contributed by atoms with E-state index in [1.165, 1.54) is 38.2 Å². The standard InChI is InChI=1S/C17H24ClFN2/c1-12-10-20-16(13-5-3-2-4-6-13)11-21(12)17-9-14(18)7-8-15(17)19/h7-9,12-13,16,20H,2-6,10-11H2,1H3. The molecule has 1 aromatic carbocycles. The molecule has 1 aliphatic heterocycles. The number of nitrogens with zero attached hydrogens (tertiary/aromatic N) is 1. The second-order valence-electron chi connectivity index (χ2n) is 6.51. The summed E-state index contributed by atoms with van der Waals surface area (Å²) in [4.78, 5) is 2.19. The minimum atomic E-state index is -0.171. The van der Waals surface area contributed by atoms with Gasteiger partial charge in [0, 0.05) is 30.2 Å². The van der Waals surface area contributed by atoms with E-state index in [0.717, 1.165) is 19.0 Å². The van der Waals surface area contributed by atoms with Gasteiger partial charge in [0.05, 0.1) is 5.69 Å². The predicted octanol–water partition coefficient (Wildman–Crippen LogP) is 4.23. The molecule has 1 heterocycles. The highest BCUT2D eigenvalue weighted by atomic mass is 35.5. The van der Waals surface area contributed by atoms with E-state index in [2.05, 4.69) is 17.1 Å². The molecule has 2 nitrogen and oxygen atoms in total. The van der Waals surface area contributed by atoms with Crippen LogP contribution in [0.4, 0.5) is 10.1 Å². The van der Waals surface area contributed by atoms with E-state index in [1.807, 2.05) is 0 Å². The minimum Gasteiger partial charge on any atom is -0.364 e. The number of rotatable bonds is 2. The number of piperazine rings is 1. The first-order chi connectivity index (χ1) is 10.1. The Morgan fingerprint density at radius 3 is 2.76 bits per heavy atom. The Bertz CT molecular complexity index is 488. The third-order valence-corrected chi connectivity index (χ3v) is 5.27. The van der Waals surface area contributed by atoms with Crippen LogP contribution in [-0.2, 0) is 0 Å². The van der Waals surface area contributed by atoms with Crippen LogP contribution in [0.25, 0.3) is 0 Å². The van der Waals surface area contributed by atoms with Crippen molar-refractivity contribution in [2.75, 3.05) is 18.0 Å². The first kappa shape index (κ1) is 15.1. The molecule has 116 valence electrons. The van der Waals surface area contributed by atoms with E-state index in [4.69, 9.17) is 11.6 Å². The number of nitrogens with one attached hydrogen (secondary N) is 1. The highest BCUT2D eigenvalue weighted by Gasteiger charge is 2.32. The van der Waals surface area contributed by atoms with Crippen molar-refractivity contribution in [3.8, 4) is 0 Å². The summed E-state index contributed by atoms with van der Waals surface area (Å²) in [6.45, 7) is 3.93. The summed E-state index contributed by atoms with van der Waals surface area (Å²) >= 11 is 6.06. The van der Waals surface area contributed by atoms with E-state index in [-0.39, 0.29) is 11.9 Å². The SMILES string of the molecule is CC1CNC(C2CCCCC2)CN1c1cc(Cl)ccc1F. The molecule has 1 saturated heterocycles. The second kappa shape index (κ2) is 6.53. The first-order valence-corrected chi connectivity index (χ1v) is 8.48. The van der Waals surface area contributed by atoms with Crippen molar-refractivity contribution in [2.45, 2.75) is 51.1 Å². The quantitative estimate of drug-likeness (QED) is 0.879. The molecule has 1 aliphatic carbocycles. The van der Waals surface area contributed by atoms with Gasteiger partial charge in [-0.3, -0.25) is 0 Å². The van der Waals surface area contributed by atoms with Crippen LogP contribution in [0, 0.1) is 11.7 Å². The van der Waals surface area contributed by atoms with E-state index in [9.17, 15) is 4.39 Å². The lowest BCUT2D eigenvalue weighted by atomic mass is 9.82. The fourth-order valence-electron chi connectivity index (χ4n) is 3.78. The van der Waals surface area contributed by atoms with Gasteiger partial charge in [0.25, 0.3) is 0 Å². The van der Waals surface area contributed by atoms with Crippen LogP contribution in [0.15, 0.2) is 18.2 Å². The lowest BCUT2D eigenvalue weighted by Crippen LogP contribution is -2.58. The summed E-state index contributed by atoms with van der Waals surface area (Å²) in [5.74, 6) is 0.562. The average molecular weight is 311 g/mol. The van der Waals surface area contributed by atoms with Gasteiger partial charge < -0.3 is 10.2 Å². The number of halogens is 2. The van der Waals surface area contributed by atoms with E-state index in [0.29, 0.717) is 16.8 Å². The lowest BCUT2D eigenvalue weighted by Gasteiger charge is -2.44. The van der Waals surface area contributed by atoms with Crippen molar-refractivity contribution in [2.24, 2.45) is 5.92 Å². The molecule has 1 saturated carbocycles. The Labute approximate surface area is 131 Å². The first-order valence-electron chi connectivity index (χ1n) is 8.10. The Morgan fingerprint density at radius 2 is 2.00 bits per heavy atom. The Balaban J connectivity index is 1.78. The van der Waals surface area contributed by atoms with Gasteiger partial charge in [0.1, 0.15) is 5.82 Å². The zero-order valence-corrected chi connectivity index (χ0v) is 13.4. The normalized spacial score (nSPS) is 27.9. The molecule has 3 rings (SSSR count). The molecular formula is C17H24ClFN2. The van der Waals surface area contributed by atoms with Crippen LogP contribution in [0.2, 0.25) is 5.02 Å². The van der Waals surface area contributed by atoms with Crippen LogP contribution in [0.1, 0.15) is 39.0 Å². The molecule has 2 aliphatic rings. The number of benzene rings is 1. The molecule has 0 bridgehead atoms. The minimum absolute atomic E-state index is 0.171. The van der Waals surface area contributed by atoms with Crippen LogP contribution in [-0.4, -0.2) is 25.2 Å². The van der Waals surface area contributed by atoms with Gasteiger partial charge in [-0.05, 0) is 43.9 Å². The highest BCUT2D eigenvalue weighted by Crippen LogP contribution is 2.31. The summed E-state index contributed by atoms with van der Waals surface area (Å²) in [5.41, 5.74) is 0.650. The van der Waals surface area contributed by atoms with Crippen LogP contribution < -0.4 is 10.2 Å². The Kier molecular flexibility index (Phi) is 4.70. The van der Waals surface area contributed by atoms with Crippen molar-refractivity contribution in [1.29, 1.82) is 0 Å². The number of anilines is 1. The zero-order valence-electron chi connectivity index (χ0n) is 12.6. The molecule has 0 radical (unpaired) electrons. The van der Waals surface area contributed by atoms with Gasteiger partial charge in [-0.2, -0.15) is 0 Å². The summed E-state index contributed by atoms with van der Waals surface area (Å²) < 4.78 is 14.2.